The van der Waals surface area contributed by atoms with E-state index < -0.39 is 43.0 Å². The molecule has 2 aromatic rings. The molecule has 0 spiro atoms. The van der Waals surface area contributed by atoms with Gasteiger partial charge < -0.3 is 20.1 Å². The molecule has 2 atom stereocenters. The van der Waals surface area contributed by atoms with E-state index >= 15 is 0 Å². The van der Waals surface area contributed by atoms with Crippen LogP contribution in [-0.2, 0) is 4.74 Å². The van der Waals surface area contributed by atoms with Crippen LogP contribution in [0.5, 0.6) is 0 Å². The van der Waals surface area contributed by atoms with Crippen LogP contribution in [0.3, 0.4) is 0 Å². The lowest BCUT2D eigenvalue weighted by Crippen LogP contribution is -2.70. The number of amides is 1. The summed E-state index contributed by atoms with van der Waals surface area (Å²) in [5.74, 6) is -3.86. The molecule has 6 nitrogen and oxygen atoms in total. The minimum Gasteiger partial charge on any atom is -0.465 e. The molecule has 2 aliphatic rings. The fraction of sp³-hybridized carbons (Fsp3) is 0.480. The smallest absolute Gasteiger partial charge is 0.407 e. The second-order valence-electron chi connectivity index (χ2n) is 9.45. The third kappa shape index (κ3) is 5.49. The van der Waals surface area contributed by atoms with Crippen LogP contribution in [0.2, 0.25) is 0 Å². The maximum atomic E-state index is 13.8. The molecule has 4 rings (SSSR count). The van der Waals surface area contributed by atoms with Crippen LogP contribution in [0.4, 0.5) is 36.8 Å². The summed E-state index contributed by atoms with van der Waals surface area (Å²) in [6.07, 6.45) is -13.2. The van der Waals surface area contributed by atoms with E-state index in [2.05, 4.69) is 5.32 Å². The predicted octanol–water partition coefficient (Wildman–Crippen LogP) is 5.31. The third-order valence-electron chi connectivity index (χ3n) is 7.01. The number of hydrogen-bond acceptors (Lipinski definition) is 4. The second kappa shape index (κ2) is 10.1. The number of morpholine rings is 1. The van der Waals surface area contributed by atoms with E-state index in [1.165, 1.54) is 4.90 Å². The van der Waals surface area contributed by atoms with Gasteiger partial charge in [-0.1, -0.05) is 36.4 Å². The normalized spacial score (nSPS) is 23.4. The molecular weight excluding hydrogens is 504 g/mol. The molecular formula is C25H27F6N3O3. The van der Waals surface area contributed by atoms with Crippen molar-refractivity contribution in [3.63, 3.8) is 0 Å². The number of carboxylic acid groups (broad SMARTS) is 1. The molecule has 2 N–H and O–H groups in total. The largest absolute Gasteiger partial charge is 0.465 e. The number of carbonyl (C=O) groups is 1. The minimum atomic E-state index is -5.70. The number of piperazine rings is 1. The molecule has 2 heterocycles. The van der Waals surface area contributed by atoms with Crippen molar-refractivity contribution >= 4 is 11.8 Å². The van der Waals surface area contributed by atoms with Gasteiger partial charge in [-0.3, -0.25) is 4.90 Å². The number of anilines is 1. The topological polar surface area (TPSA) is 65.0 Å². The van der Waals surface area contributed by atoms with Crippen LogP contribution in [0.15, 0.2) is 48.5 Å². The molecule has 0 saturated carbocycles. The lowest BCUT2D eigenvalue weighted by Gasteiger charge is -2.52. The van der Waals surface area contributed by atoms with E-state index in [0.717, 1.165) is 16.7 Å². The summed E-state index contributed by atoms with van der Waals surface area (Å²) >= 11 is 0. The van der Waals surface area contributed by atoms with Crippen molar-refractivity contribution in [2.24, 2.45) is 5.92 Å². The number of rotatable bonds is 4. The van der Waals surface area contributed by atoms with E-state index in [1.807, 2.05) is 30.3 Å². The van der Waals surface area contributed by atoms with E-state index in [1.54, 1.807) is 18.2 Å². The summed E-state index contributed by atoms with van der Waals surface area (Å²) in [6.45, 7) is 0.784. The molecule has 12 heteroatoms. The minimum absolute atomic E-state index is 0.0664. The first-order chi connectivity index (χ1) is 17.3. The van der Waals surface area contributed by atoms with E-state index in [4.69, 9.17) is 4.74 Å². The van der Waals surface area contributed by atoms with Crippen LogP contribution < -0.4 is 10.2 Å². The molecule has 202 valence electrons. The average Bonchev–Trinajstić information content (AvgIpc) is 2.82. The lowest BCUT2D eigenvalue weighted by atomic mass is 9.80. The number of ether oxygens (including phenoxy) is 1. The summed E-state index contributed by atoms with van der Waals surface area (Å²) in [6, 6.07) is 14.3. The molecule has 0 radical (unpaired) electrons. The highest BCUT2D eigenvalue weighted by Gasteiger charge is 2.68. The Bertz CT molecular complexity index is 1090. The van der Waals surface area contributed by atoms with Gasteiger partial charge >= 0.3 is 18.4 Å². The lowest BCUT2D eigenvalue weighted by molar-refractivity contribution is -0.312. The van der Waals surface area contributed by atoms with Crippen LogP contribution in [0.25, 0.3) is 11.1 Å². The van der Waals surface area contributed by atoms with Crippen molar-refractivity contribution in [3.8, 4) is 11.1 Å². The highest BCUT2D eigenvalue weighted by Crippen LogP contribution is 2.49. The third-order valence-corrected chi connectivity index (χ3v) is 7.01. The van der Waals surface area contributed by atoms with Gasteiger partial charge in [-0.15, -0.1) is 0 Å². The first-order valence-corrected chi connectivity index (χ1v) is 11.7. The highest BCUT2D eigenvalue weighted by atomic mass is 19.4. The molecule has 2 fully saturated rings. The van der Waals surface area contributed by atoms with Gasteiger partial charge in [-0.05, 0) is 35.7 Å². The summed E-state index contributed by atoms with van der Waals surface area (Å²) in [7, 11) is 0. The van der Waals surface area contributed by atoms with Gasteiger partial charge in [0.15, 0.2) is 5.92 Å². The van der Waals surface area contributed by atoms with Crippen LogP contribution in [0, 0.1) is 5.92 Å². The Morgan fingerprint density at radius 1 is 1.08 bits per heavy atom. The number of alkyl halides is 6. The quantitative estimate of drug-likeness (QED) is 0.524. The molecule has 2 unspecified atom stereocenters. The fourth-order valence-electron chi connectivity index (χ4n) is 5.38. The predicted molar refractivity (Wildman–Crippen MR) is 124 cm³/mol. The standard InChI is InChI=1S/C25H27F6N3O3/c1-23(21(24(26,27)28)25(29,30)31)15-33(10-11-34(23)22(35)36)17-7-8-18(16-5-3-2-4-6-16)19(13-17)20-14-37-12-9-32-20/h2-8,13,20-21,32H,9-12,14-15H2,1H3,(H,35,36). The molecule has 37 heavy (non-hydrogen) atoms. The summed E-state index contributed by atoms with van der Waals surface area (Å²) in [4.78, 5) is 13.4. The zero-order valence-corrected chi connectivity index (χ0v) is 19.9. The molecule has 0 bridgehead atoms. The molecule has 2 saturated heterocycles. The highest BCUT2D eigenvalue weighted by molar-refractivity contribution is 5.72. The van der Waals surface area contributed by atoms with Crippen molar-refractivity contribution < 1.29 is 41.0 Å². The molecule has 1 amide bonds. The van der Waals surface area contributed by atoms with Gasteiger partial charge in [0.1, 0.15) is 0 Å². The average molecular weight is 531 g/mol. The first kappa shape index (κ1) is 27.1. The van der Waals surface area contributed by atoms with Gasteiger partial charge in [0.2, 0.25) is 0 Å². The summed E-state index contributed by atoms with van der Waals surface area (Å²) in [5, 5.41) is 12.9. The Kier molecular flexibility index (Phi) is 7.35. The first-order valence-electron chi connectivity index (χ1n) is 11.7. The van der Waals surface area contributed by atoms with E-state index in [0.29, 0.717) is 32.4 Å². The summed E-state index contributed by atoms with van der Waals surface area (Å²) in [5.41, 5.74) is 0.134. The van der Waals surface area contributed by atoms with E-state index in [9.17, 15) is 36.2 Å². The van der Waals surface area contributed by atoms with Crippen molar-refractivity contribution in [2.75, 3.05) is 44.3 Å². The van der Waals surface area contributed by atoms with Gasteiger partial charge in [-0.25, -0.2) is 4.79 Å². The number of nitrogens with zero attached hydrogens (tertiary/aromatic N) is 2. The van der Waals surface area contributed by atoms with Crippen molar-refractivity contribution in [3.05, 3.63) is 54.1 Å². The zero-order valence-electron chi connectivity index (χ0n) is 19.9. The fourth-order valence-corrected chi connectivity index (χ4v) is 5.38. The van der Waals surface area contributed by atoms with E-state index in [-0.39, 0.29) is 17.5 Å². The number of nitrogens with one attached hydrogen (secondary N) is 1. The monoisotopic (exact) mass is 531 g/mol. The van der Waals surface area contributed by atoms with Gasteiger partial charge in [0.05, 0.1) is 24.8 Å². The molecule has 0 aromatic heterocycles. The maximum absolute atomic E-state index is 13.8. The maximum Gasteiger partial charge on any atom is 0.407 e. The Labute approximate surface area is 209 Å². The zero-order chi connectivity index (χ0) is 27.0. The van der Waals surface area contributed by atoms with Crippen molar-refractivity contribution in [1.82, 2.24) is 10.2 Å². The van der Waals surface area contributed by atoms with Crippen molar-refractivity contribution in [2.45, 2.75) is 30.9 Å². The van der Waals surface area contributed by atoms with Crippen molar-refractivity contribution in [1.29, 1.82) is 0 Å². The Hall–Kier alpha value is -2.99. The van der Waals surface area contributed by atoms with Crippen LogP contribution in [0.1, 0.15) is 18.5 Å². The molecule has 2 aromatic carbocycles. The number of benzene rings is 2. The Balaban J connectivity index is 1.76. The molecule has 0 aliphatic carbocycles. The van der Waals surface area contributed by atoms with Gasteiger partial charge in [-0.2, -0.15) is 26.3 Å². The molecule has 2 aliphatic heterocycles. The second-order valence-corrected chi connectivity index (χ2v) is 9.45. The van der Waals surface area contributed by atoms with Gasteiger partial charge in [0, 0.05) is 31.9 Å². The number of halogens is 6. The Morgan fingerprint density at radius 3 is 2.32 bits per heavy atom. The Morgan fingerprint density at radius 2 is 1.76 bits per heavy atom. The SMILES string of the molecule is CC1(C(C(F)(F)F)C(F)(F)F)CN(c2ccc(-c3ccccc3)c(C3COCCN3)c2)CCN1C(=O)O. The van der Waals surface area contributed by atoms with Crippen LogP contribution >= 0.6 is 0 Å². The number of hydrogen-bond donors (Lipinski definition) is 2. The van der Waals surface area contributed by atoms with Crippen LogP contribution in [-0.4, -0.2) is 73.4 Å². The van der Waals surface area contributed by atoms with Gasteiger partial charge in [0.25, 0.3) is 0 Å². The summed E-state index contributed by atoms with van der Waals surface area (Å²) < 4.78 is 88.3.